The van der Waals surface area contributed by atoms with Gasteiger partial charge in [0.05, 0.1) is 19.8 Å². The summed E-state index contributed by atoms with van der Waals surface area (Å²) < 4.78 is 58.0. The summed E-state index contributed by atoms with van der Waals surface area (Å²) in [4.78, 5) is 37.4. The molecular weight excluding hydrogens is 1020 g/mol. The highest BCUT2D eigenvalue weighted by Gasteiger charge is 2.58. The summed E-state index contributed by atoms with van der Waals surface area (Å²) in [6.07, 6.45) is -6.36. The van der Waals surface area contributed by atoms with E-state index in [0.29, 0.717) is 12.8 Å². The number of allylic oxidation sites excluding steroid dienone is 2. The molecule has 0 aromatic heterocycles. The molecule has 0 bridgehead atoms. The van der Waals surface area contributed by atoms with Crippen molar-refractivity contribution >= 4 is 19.8 Å². The van der Waals surface area contributed by atoms with Gasteiger partial charge in [0.2, 0.25) is 0 Å². The van der Waals surface area contributed by atoms with Gasteiger partial charge in [0.1, 0.15) is 92.1 Å². The topological polar surface area (TPSA) is 368 Å². The van der Waals surface area contributed by atoms with E-state index in [4.69, 9.17) is 37.5 Å². The number of carbonyl (C=O) groups is 2. The molecule has 2 aliphatic heterocycles. The first kappa shape index (κ1) is 68.5. The highest BCUT2D eigenvalue weighted by Crippen LogP contribution is 2.49. The van der Waals surface area contributed by atoms with Crippen molar-refractivity contribution in [1.29, 1.82) is 0 Å². The number of phosphoric ester groups is 1. The van der Waals surface area contributed by atoms with E-state index in [-0.39, 0.29) is 12.8 Å². The van der Waals surface area contributed by atoms with Gasteiger partial charge in [-0.25, -0.2) is 4.57 Å². The van der Waals surface area contributed by atoms with Crippen molar-refractivity contribution in [2.24, 2.45) is 0 Å². The van der Waals surface area contributed by atoms with Gasteiger partial charge in [-0.1, -0.05) is 135 Å². The maximum absolute atomic E-state index is 14.0. The van der Waals surface area contributed by atoms with Crippen LogP contribution in [0.4, 0.5) is 0 Å². The molecule has 3 rings (SSSR count). The molecule has 1 aliphatic carbocycles. The van der Waals surface area contributed by atoms with Gasteiger partial charge in [-0.15, -0.1) is 0 Å². The zero-order valence-corrected chi connectivity index (χ0v) is 45.7. The van der Waals surface area contributed by atoms with Gasteiger partial charge < -0.3 is 89.5 Å². The van der Waals surface area contributed by atoms with Crippen LogP contribution in [0.5, 0.6) is 0 Å². The van der Waals surface area contributed by atoms with Gasteiger partial charge in [-0.05, 0) is 38.5 Å². The Morgan fingerprint density at radius 3 is 1.30 bits per heavy atom. The summed E-state index contributed by atoms with van der Waals surface area (Å²) in [5, 5.41) is 116. The van der Waals surface area contributed by atoms with Crippen molar-refractivity contribution in [1.82, 2.24) is 0 Å². The minimum Gasteiger partial charge on any atom is -0.462 e. The molecule has 2 saturated heterocycles. The van der Waals surface area contributed by atoms with Crippen LogP contribution in [0.2, 0.25) is 0 Å². The Bertz CT molecular complexity index is 1570. The fourth-order valence-electron chi connectivity index (χ4n) is 9.35. The zero-order valence-electron chi connectivity index (χ0n) is 44.8. The molecule has 12 N–H and O–H groups in total. The summed E-state index contributed by atoms with van der Waals surface area (Å²) in [7, 11) is -5.63. The number of aliphatic hydroxyl groups excluding tert-OH is 11. The first-order valence-electron chi connectivity index (χ1n) is 28.0. The Hall–Kier alpha value is -1.81. The van der Waals surface area contributed by atoms with Gasteiger partial charge in [-0.3, -0.25) is 18.6 Å². The number of rotatable bonds is 40. The monoisotopic (exact) mass is 1120 g/mol. The van der Waals surface area contributed by atoms with E-state index >= 15 is 0 Å². The summed E-state index contributed by atoms with van der Waals surface area (Å²) in [5.41, 5.74) is 0. The number of carbonyl (C=O) groups excluding carboxylic acids is 2. The van der Waals surface area contributed by atoms with Crippen molar-refractivity contribution in [2.75, 3.05) is 26.4 Å². The predicted molar refractivity (Wildman–Crippen MR) is 273 cm³/mol. The zero-order chi connectivity index (χ0) is 56.0. The van der Waals surface area contributed by atoms with Crippen molar-refractivity contribution < 1.29 is 113 Å². The Labute approximate surface area is 448 Å². The van der Waals surface area contributed by atoms with E-state index in [1.54, 1.807) is 0 Å². The molecule has 23 nitrogen and oxygen atoms in total. The maximum Gasteiger partial charge on any atom is 0.472 e. The lowest BCUT2D eigenvalue weighted by molar-refractivity contribution is -0.360. The van der Waals surface area contributed by atoms with E-state index < -0.39 is 150 Å². The first-order chi connectivity index (χ1) is 36.4. The van der Waals surface area contributed by atoms with Crippen LogP contribution in [0.3, 0.4) is 0 Å². The number of unbranched alkanes of at least 4 members (excludes halogenated alkanes) is 20. The molecule has 1 saturated carbocycles. The molecule has 3 fully saturated rings. The quantitative estimate of drug-likeness (QED) is 0.0182. The second kappa shape index (κ2) is 38.0. The van der Waals surface area contributed by atoms with Crippen LogP contribution in [-0.4, -0.2) is 204 Å². The van der Waals surface area contributed by atoms with Gasteiger partial charge in [-0.2, -0.15) is 0 Å². The van der Waals surface area contributed by atoms with Crippen LogP contribution < -0.4 is 0 Å². The lowest BCUT2D eigenvalue weighted by Gasteiger charge is -2.49. The van der Waals surface area contributed by atoms with Crippen LogP contribution in [0.1, 0.15) is 174 Å². The fourth-order valence-corrected chi connectivity index (χ4v) is 10.3. The lowest BCUT2D eigenvalue weighted by atomic mass is 9.84. The van der Waals surface area contributed by atoms with Gasteiger partial charge in [0.25, 0.3) is 0 Å². The molecule has 76 heavy (non-hydrogen) atoms. The molecule has 0 spiro atoms. The minimum absolute atomic E-state index is 0.0311. The second-order valence-electron chi connectivity index (χ2n) is 20.5. The minimum atomic E-state index is -5.63. The smallest absolute Gasteiger partial charge is 0.462 e. The molecule has 3 aliphatic rings. The summed E-state index contributed by atoms with van der Waals surface area (Å²) in [6.45, 7) is 0.960. The van der Waals surface area contributed by atoms with Crippen LogP contribution >= 0.6 is 7.82 Å². The number of aliphatic hydroxyl groups is 11. The van der Waals surface area contributed by atoms with Gasteiger partial charge in [0, 0.05) is 12.8 Å². The van der Waals surface area contributed by atoms with Crippen molar-refractivity contribution in [2.45, 2.75) is 279 Å². The van der Waals surface area contributed by atoms with E-state index in [0.717, 1.165) is 64.2 Å². The second-order valence-corrected chi connectivity index (χ2v) is 21.9. The van der Waals surface area contributed by atoms with E-state index in [2.05, 4.69) is 26.0 Å². The molecule has 2 heterocycles. The molecule has 16 atom stereocenters. The number of esters is 2. The Balaban J connectivity index is 1.74. The van der Waals surface area contributed by atoms with E-state index in [1.807, 2.05) is 0 Å². The van der Waals surface area contributed by atoms with Crippen LogP contribution in [0.25, 0.3) is 0 Å². The molecule has 0 radical (unpaired) electrons. The van der Waals surface area contributed by atoms with Crippen molar-refractivity contribution in [3.05, 3.63) is 12.2 Å². The predicted octanol–water partition coefficient (Wildman–Crippen LogP) is 2.76. The Kier molecular flexibility index (Phi) is 34.2. The van der Waals surface area contributed by atoms with E-state index in [1.165, 1.54) is 70.6 Å². The SMILES string of the molecule is CCCCCCCCC=CCCCCCC(=O)OCC(COP(=O)(O)OC1C(OC2OC(CO)C(O)C(O)C2O)C(O)C(O)C(O)C1OC1OC(CO)C(O)C(O)C1O)OC(=O)CCCCCCCCCCCCCC. The third kappa shape index (κ3) is 24.1. The molecule has 16 unspecified atom stereocenters. The highest BCUT2D eigenvalue weighted by molar-refractivity contribution is 7.47. The number of phosphoric acid groups is 1. The fraction of sp³-hybridized carbons (Fsp3) is 0.923. The van der Waals surface area contributed by atoms with Crippen molar-refractivity contribution in [3.8, 4) is 0 Å². The summed E-state index contributed by atoms with van der Waals surface area (Å²) >= 11 is 0. The van der Waals surface area contributed by atoms with Crippen molar-refractivity contribution in [3.63, 3.8) is 0 Å². The number of ether oxygens (including phenoxy) is 6. The van der Waals surface area contributed by atoms with Crippen LogP contribution in [0, 0.1) is 0 Å². The normalized spacial score (nSPS) is 32.3. The average Bonchev–Trinajstić information content (AvgIpc) is 3.40. The molecule has 0 amide bonds. The van der Waals surface area contributed by atoms with Gasteiger partial charge in [0.15, 0.2) is 18.7 Å². The summed E-state index contributed by atoms with van der Waals surface area (Å²) in [5.74, 6) is -1.35. The summed E-state index contributed by atoms with van der Waals surface area (Å²) in [6, 6.07) is 0. The standard InChI is InChI=1S/C52H95O23P/c1-3-5-7-9-11-13-15-17-19-20-22-24-26-28-37(55)68-32-34(70-38(56)29-27-25-23-21-18-16-14-12-10-8-6-4-2)33-69-76(66,67)75-50-48(73-51-46(64)41(59)39(57)35(30-53)71-51)44(62)43(61)45(63)49(50)74-52-47(65)42(60)40(58)36(31-54)72-52/h17,19,34-36,39-54,57-65H,3-16,18,20-33H2,1-2H3,(H,66,67). The third-order valence-corrected chi connectivity index (χ3v) is 15.1. The Morgan fingerprint density at radius 1 is 0.487 bits per heavy atom. The molecular formula is C52H95O23P. The molecule has 446 valence electrons. The third-order valence-electron chi connectivity index (χ3n) is 14.1. The average molecular weight is 1120 g/mol. The largest absolute Gasteiger partial charge is 0.472 e. The number of hydrogen-bond donors (Lipinski definition) is 12. The molecule has 24 heteroatoms. The first-order valence-corrected chi connectivity index (χ1v) is 29.5. The lowest BCUT2D eigenvalue weighted by Crippen LogP contribution is -2.69. The van der Waals surface area contributed by atoms with Crippen LogP contribution in [-0.2, 0) is 51.6 Å². The van der Waals surface area contributed by atoms with Gasteiger partial charge >= 0.3 is 19.8 Å². The highest BCUT2D eigenvalue weighted by atomic mass is 31.2. The Morgan fingerprint density at radius 2 is 0.868 bits per heavy atom. The maximum atomic E-state index is 14.0. The number of hydrogen-bond acceptors (Lipinski definition) is 22. The van der Waals surface area contributed by atoms with E-state index in [9.17, 15) is 75.2 Å². The molecule has 0 aromatic rings. The molecule has 0 aromatic carbocycles. The van der Waals surface area contributed by atoms with Crippen LogP contribution in [0.15, 0.2) is 12.2 Å².